The van der Waals surface area contributed by atoms with Gasteiger partial charge in [0, 0.05) is 23.4 Å². The molecule has 1 aliphatic heterocycles. The van der Waals surface area contributed by atoms with Gasteiger partial charge in [-0.25, -0.2) is 0 Å². The summed E-state index contributed by atoms with van der Waals surface area (Å²) < 4.78 is 2.36. The zero-order valence-corrected chi connectivity index (χ0v) is 22.5. The molecule has 0 saturated heterocycles. The molecule has 3 aromatic rings. The van der Waals surface area contributed by atoms with Gasteiger partial charge in [-0.3, -0.25) is 4.79 Å². The summed E-state index contributed by atoms with van der Waals surface area (Å²) in [6, 6.07) is 19.3. The number of benzene rings is 3. The van der Waals surface area contributed by atoms with Crippen LogP contribution in [0.5, 0.6) is 0 Å². The fourth-order valence-corrected chi connectivity index (χ4v) is 6.60. The molecule has 0 bridgehead atoms. The van der Waals surface area contributed by atoms with Crippen molar-refractivity contribution in [2.24, 2.45) is 0 Å². The Morgan fingerprint density at radius 3 is 2.76 bits per heavy atom. The monoisotopic (exact) mass is 503 g/mol. The van der Waals surface area contributed by atoms with Crippen molar-refractivity contribution in [2.45, 2.75) is 51.4 Å². The molecule has 0 spiro atoms. The largest absolute Gasteiger partial charge is 0.396 e. The smallest absolute Gasteiger partial charge is 0.226 e. The maximum absolute atomic E-state index is 12.0. The van der Waals surface area contributed by atoms with Crippen molar-refractivity contribution in [3.05, 3.63) is 100 Å². The van der Waals surface area contributed by atoms with Gasteiger partial charge in [-0.15, -0.1) is 0 Å². The summed E-state index contributed by atoms with van der Waals surface area (Å²) >= 11 is 0. The third kappa shape index (κ3) is 4.13. The summed E-state index contributed by atoms with van der Waals surface area (Å²) in [7, 11) is 2.19. The van der Waals surface area contributed by atoms with Crippen molar-refractivity contribution in [2.75, 3.05) is 19.0 Å². The summed E-state index contributed by atoms with van der Waals surface area (Å²) in [5, 5.41) is 14.6. The normalized spacial score (nSPS) is 17.9. The van der Waals surface area contributed by atoms with Gasteiger partial charge in [0.05, 0.1) is 18.4 Å². The third-order valence-electron chi connectivity index (χ3n) is 8.47. The van der Waals surface area contributed by atoms with E-state index in [1.54, 1.807) is 0 Å². The maximum atomic E-state index is 12.0. The number of hydrogen-bond donors (Lipinski definition) is 2. The van der Waals surface area contributed by atoms with E-state index in [0.29, 0.717) is 0 Å². The van der Waals surface area contributed by atoms with Crippen molar-refractivity contribution in [3.8, 4) is 0 Å². The Kier molecular flexibility index (Phi) is 6.16. The van der Waals surface area contributed by atoms with E-state index in [9.17, 15) is 4.79 Å². The topological polar surface area (TPSA) is 52.3 Å². The number of rotatable bonds is 5. The molecule has 0 fully saturated rings. The van der Waals surface area contributed by atoms with Crippen LogP contribution in [0, 0.1) is 0 Å². The van der Waals surface area contributed by atoms with Crippen LogP contribution in [0.15, 0.2) is 83.5 Å². The molecule has 6 rings (SSSR count). The van der Waals surface area contributed by atoms with Gasteiger partial charge in [-0.1, -0.05) is 42.5 Å². The van der Waals surface area contributed by atoms with Crippen LogP contribution >= 0.6 is 0 Å². The number of anilines is 1. The second kappa shape index (κ2) is 9.52. The molecule has 0 atom stereocenters. The molecule has 0 radical (unpaired) electrons. The van der Waals surface area contributed by atoms with Gasteiger partial charge in [-0.05, 0) is 96.3 Å². The number of carbonyl (C=O) groups is 1. The lowest BCUT2D eigenvalue weighted by Crippen LogP contribution is -2.27. The van der Waals surface area contributed by atoms with Crippen LogP contribution in [0.1, 0.15) is 56.2 Å². The van der Waals surface area contributed by atoms with Crippen LogP contribution in [0.25, 0.3) is 16.8 Å². The summed E-state index contributed by atoms with van der Waals surface area (Å²) in [5.74, 6) is -0.158. The fraction of sp³-hybridized carbons (Fsp3) is 0.294. The van der Waals surface area contributed by atoms with Gasteiger partial charge in [0.15, 0.2) is 5.71 Å². The minimum absolute atomic E-state index is 0.0964. The molecule has 1 heterocycles. The zero-order chi connectivity index (χ0) is 26.4. The molecule has 4 heteroatoms. The molecule has 0 unspecified atom stereocenters. The number of amides is 1. The number of allylic oxidation sites excluding steroid dienone is 5. The van der Waals surface area contributed by atoms with Crippen LogP contribution in [0.4, 0.5) is 11.4 Å². The van der Waals surface area contributed by atoms with Gasteiger partial charge in [-0.2, -0.15) is 4.58 Å². The molecule has 38 heavy (non-hydrogen) atoms. The van der Waals surface area contributed by atoms with Crippen molar-refractivity contribution in [1.82, 2.24) is 0 Å². The quantitative estimate of drug-likeness (QED) is 0.375. The Balaban J connectivity index is 1.34. The number of hydrogen-bond acceptors (Lipinski definition) is 2. The predicted molar refractivity (Wildman–Crippen MR) is 156 cm³/mol. The predicted octanol–water partition coefficient (Wildman–Crippen LogP) is 6.84. The molecule has 192 valence electrons. The van der Waals surface area contributed by atoms with Crippen molar-refractivity contribution in [1.29, 1.82) is 0 Å². The highest BCUT2D eigenvalue weighted by molar-refractivity contribution is 6.07. The van der Waals surface area contributed by atoms with E-state index < -0.39 is 0 Å². The maximum Gasteiger partial charge on any atom is 0.226 e. The SMILES string of the molecule is C[N+]1=C(/C=C/C2=C3Cc4cc(NC(=O)CCO)ccc4C=C3CCC2)C(C)(C)c2c1ccc1ccccc21. The van der Waals surface area contributed by atoms with Crippen LogP contribution in [-0.4, -0.2) is 35.0 Å². The fourth-order valence-electron chi connectivity index (χ4n) is 6.60. The average Bonchev–Trinajstić information content (AvgIpc) is 3.11. The lowest BCUT2D eigenvalue weighted by Gasteiger charge is -2.27. The van der Waals surface area contributed by atoms with Crippen LogP contribution in [0.3, 0.4) is 0 Å². The summed E-state index contributed by atoms with van der Waals surface area (Å²) in [6.45, 7) is 4.54. The Morgan fingerprint density at radius 2 is 1.92 bits per heavy atom. The van der Waals surface area contributed by atoms with Crippen LogP contribution < -0.4 is 5.32 Å². The third-order valence-corrected chi connectivity index (χ3v) is 8.47. The first-order valence-corrected chi connectivity index (χ1v) is 13.6. The lowest BCUT2D eigenvalue weighted by molar-refractivity contribution is -0.401. The van der Waals surface area contributed by atoms with Crippen molar-refractivity contribution >= 4 is 39.8 Å². The summed E-state index contributed by atoms with van der Waals surface area (Å²) in [5.41, 5.74) is 11.5. The summed E-state index contributed by atoms with van der Waals surface area (Å²) in [6.07, 6.45) is 11.4. The summed E-state index contributed by atoms with van der Waals surface area (Å²) in [4.78, 5) is 12.0. The average molecular weight is 504 g/mol. The molecular weight excluding hydrogens is 468 g/mol. The van der Waals surface area contributed by atoms with Gasteiger partial charge in [0.25, 0.3) is 0 Å². The number of fused-ring (bicyclic) bond motifs is 5. The minimum Gasteiger partial charge on any atom is -0.396 e. The van der Waals surface area contributed by atoms with E-state index in [1.165, 1.54) is 62.0 Å². The van der Waals surface area contributed by atoms with E-state index >= 15 is 0 Å². The Morgan fingerprint density at radius 1 is 1.08 bits per heavy atom. The minimum atomic E-state index is -0.158. The van der Waals surface area contributed by atoms with Gasteiger partial charge in [0.2, 0.25) is 11.6 Å². The highest BCUT2D eigenvalue weighted by Crippen LogP contribution is 2.44. The van der Waals surface area contributed by atoms with Gasteiger partial charge in [0.1, 0.15) is 7.05 Å². The van der Waals surface area contributed by atoms with Gasteiger partial charge >= 0.3 is 0 Å². The van der Waals surface area contributed by atoms with Crippen LogP contribution in [-0.2, 0) is 16.6 Å². The Labute approximate surface area is 224 Å². The number of carbonyl (C=O) groups excluding carboxylic acids is 1. The van der Waals surface area contributed by atoms with E-state index in [2.05, 4.69) is 97.5 Å². The lowest BCUT2D eigenvalue weighted by atomic mass is 9.77. The standard InChI is InChI=1S/C34H34N2O2/c1-34(2)31(36(3)30-15-12-22-7-4-5-10-28(22)33(30)34)16-13-23-8-6-9-25-19-24-11-14-27(35-32(38)17-18-37)20-26(24)21-29(23)25/h4-5,7,10-16,19-20,37H,6,8-9,17-18,21H2,1-3H3/p+1. The highest BCUT2D eigenvalue weighted by Gasteiger charge is 2.44. The Bertz CT molecular complexity index is 1600. The molecule has 2 N–H and O–H groups in total. The number of nitrogens with one attached hydrogen (secondary N) is 1. The number of aliphatic hydroxyl groups is 1. The molecular formula is C34H35N2O2+. The molecule has 1 amide bonds. The van der Waals surface area contributed by atoms with E-state index in [1.807, 2.05) is 6.07 Å². The molecule has 3 aliphatic rings. The van der Waals surface area contributed by atoms with Gasteiger partial charge < -0.3 is 10.4 Å². The van der Waals surface area contributed by atoms with E-state index in [-0.39, 0.29) is 24.3 Å². The molecule has 0 saturated carbocycles. The number of nitrogens with zero attached hydrogens (tertiary/aromatic N) is 1. The first-order chi connectivity index (χ1) is 18.4. The van der Waals surface area contributed by atoms with Crippen molar-refractivity contribution in [3.63, 3.8) is 0 Å². The molecule has 0 aromatic heterocycles. The zero-order valence-electron chi connectivity index (χ0n) is 22.5. The first kappa shape index (κ1) is 24.6. The Hall–Kier alpha value is -3.76. The van der Waals surface area contributed by atoms with Crippen LogP contribution in [0.2, 0.25) is 0 Å². The second-order valence-electron chi connectivity index (χ2n) is 11.2. The molecule has 4 nitrogen and oxygen atoms in total. The van der Waals surface area contributed by atoms with Crippen molar-refractivity contribution < 1.29 is 14.5 Å². The second-order valence-corrected chi connectivity index (χ2v) is 11.2. The van der Waals surface area contributed by atoms with E-state index in [4.69, 9.17) is 5.11 Å². The molecule has 3 aromatic carbocycles. The molecule has 2 aliphatic carbocycles. The number of aliphatic hydroxyl groups excluding tert-OH is 1. The van der Waals surface area contributed by atoms with E-state index in [0.717, 1.165) is 24.9 Å². The highest BCUT2D eigenvalue weighted by atomic mass is 16.3. The first-order valence-electron chi connectivity index (χ1n) is 13.6.